The molecule has 0 saturated carbocycles. The second-order valence-corrected chi connectivity index (χ2v) is 4.48. The summed E-state index contributed by atoms with van der Waals surface area (Å²) in [5.74, 6) is 0. The lowest BCUT2D eigenvalue weighted by Crippen LogP contribution is -3.03. The van der Waals surface area contributed by atoms with Crippen molar-refractivity contribution in [3.8, 4) is 0 Å². The van der Waals surface area contributed by atoms with E-state index < -0.39 is 0 Å². The summed E-state index contributed by atoms with van der Waals surface area (Å²) in [5, 5.41) is 12.1. The minimum Gasteiger partial charge on any atom is -1.00 e. The Morgan fingerprint density at radius 3 is 2.20 bits per heavy atom. The van der Waals surface area contributed by atoms with Gasteiger partial charge in [-0.3, -0.25) is 0 Å². The van der Waals surface area contributed by atoms with Crippen molar-refractivity contribution >= 4 is 5.69 Å². The summed E-state index contributed by atoms with van der Waals surface area (Å²) in [5.41, 5.74) is 0.946. The number of hydrogen-bond donors (Lipinski definition) is 1. The van der Waals surface area contributed by atoms with Gasteiger partial charge < -0.3 is 22.7 Å². The van der Waals surface area contributed by atoms with Gasteiger partial charge in [0, 0.05) is 5.41 Å². The van der Waals surface area contributed by atoms with Crippen LogP contribution in [0.2, 0.25) is 0 Å². The fourth-order valence-electron chi connectivity index (χ4n) is 1.29. The SMILES string of the molecule is CCC(C)(C)C[NH+]([O-])c1ccccc1.[Cl-]. The fraction of sp³-hybridized carbons (Fsp3) is 0.500. The highest BCUT2D eigenvalue weighted by molar-refractivity contribution is 5.28. The molecule has 1 atom stereocenters. The Morgan fingerprint density at radius 2 is 1.73 bits per heavy atom. The van der Waals surface area contributed by atoms with Gasteiger partial charge in [-0.15, -0.1) is 0 Å². The average molecular weight is 229 g/mol. The molecule has 86 valence electrons. The molecule has 0 heterocycles. The van der Waals surface area contributed by atoms with Gasteiger partial charge in [0.05, 0.1) is 6.54 Å². The molecule has 1 aromatic rings. The van der Waals surface area contributed by atoms with E-state index in [2.05, 4.69) is 20.8 Å². The Bertz CT molecular complexity index is 274. The minimum absolute atomic E-state index is 0. The highest BCUT2D eigenvalue weighted by atomic mass is 35.5. The number of para-hydroxylation sites is 1. The molecule has 0 fully saturated rings. The Labute approximate surface area is 98.3 Å². The molecule has 2 nitrogen and oxygen atoms in total. The Kier molecular flexibility index (Phi) is 5.88. The van der Waals surface area contributed by atoms with Crippen LogP contribution in [0.15, 0.2) is 30.3 Å². The zero-order chi connectivity index (χ0) is 10.6. The highest BCUT2D eigenvalue weighted by Crippen LogP contribution is 2.17. The summed E-state index contributed by atoms with van der Waals surface area (Å²) in [6, 6.07) is 9.52. The van der Waals surface area contributed by atoms with Crippen molar-refractivity contribution < 1.29 is 17.5 Å². The third kappa shape index (κ3) is 4.65. The molecule has 1 N–H and O–H groups in total. The number of quaternary nitrogens is 1. The summed E-state index contributed by atoms with van der Waals surface area (Å²) >= 11 is 0. The summed E-state index contributed by atoms with van der Waals surface area (Å²) in [4.78, 5) is 0. The molecule has 0 aromatic heterocycles. The van der Waals surface area contributed by atoms with Gasteiger partial charge in [0.25, 0.3) is 0 Å². The van der Waals surface area contributed by atoms with Crippen LogP contribution in [-0.2, 0) is 0 Å². The van der Waals surface area contributed by atoms with E-state index in [1.165, 1.54) is 0 Å². The van der Waals surface area contributed by atoms with Crippen LogP contribution >= 0.6 is 0 Å². The molecule has 0 spiro atoms. The number of halogens is 1. The first-order valence-corrected chi connectivity index (χ1v) is 5.13. The lowest BCUT2D eigenvalue weighted by atomic mass is 9.90. The Balaban J connectivity index is 0.00000196. The molecular weight excluding hydrogens is 210 g/mol. The van der Waals surface area contributed by atoms with Crippen LogP contribution in [0.3, 0.4) is 0 Å². The molecule has 0 saturated heterocycles. The van der Waals surface area contributed by atoms with E-state index >= 15 is 0 Å². The number of rotatable bonds is 4. The van der Waals surface area contributed by atoms with Gasteiger partial charge in [0.1, 0.15) is 5.69 Å². The van der Waals surface area contributed by atoms with Crippen molar-refractivity contribution in [3.63, 3.8) is 0 Å². The second kappa shape index (κ2) is 6.11. The molecule has 0 bridgehead atoms. The lowest BCUT2D eigenvalue weighted by molar-refractivity contribution is -0.785. The van der Waals surface area contributed by atoms with Crippen LogP contribution < -0.4 is 17.5 Å². The van der Waals surface area contributed by atoms with E-state index in [0.29, 0.717) is 6.54 Å². The first-order valence-electron chi connectivity index (χ1n) is 5.13. The highest BCUT2D eigenvalue weighted by Gasteiger charge is 2.19. The maximum absolute atomic E-state index is 11.8. The van der Waals surface area contributed by atoms with Crippen molar-refractivity contribution in [1.82, 2.24) is 0 Å². The van der Waals surface area contributed by atoms with E-state index in [0.717, 1.165) is 12.1 Å². The smallest absolute Gasteiger partial charge is 0.131 e. The minimum atomic E-state index is 0. The van der Waals surface area contributed by atoms with Crippen molar-refractivity contribution in [1.29, 1.82) is 0 Å². The molecule has 1 rings (SSSR count). The van der Waals surface area contributed by atoms with Crippen LogP contribution in [0, 0.1) is 10.6 Å². The van der Waals surface area contributed by atoms with Gasteiger partial charge in [-0.25, -0.2) is 0 Å². The summed E-state index contributed by atoms with van der Waals surface area (Å²) < 4.78 is 0. The van der Waals surface area contributed by atoms with Gasteiger partial charge >= 0.3 is 0 Å². The molecule has 15 heavy (non-hydrogen) atoms. The number of hydrogen-bond acceptors (Lipinski definition) is 1. The quantitative estimate of drug-likeness (QED) is 0.668. The maximum atomic E-state index is 11.8. The van der Waals surface area contributed by atoms with E-state index in [1.807, 2.05) is 30.3 Å². The second-order valence-electron chi connectivity index (χ2n) is 4.48. The third-order valence-corrected chi connectivity index (χ3v) is 2.69. The van der Waals surface area contributed by atoms with Gasteiger partial charge in [-0.2, -0.15) is 0 Å². The topological polar surface area (TPSA) is 27.5 Å². The van der Waals surface area contributed by atoms with Crippen LogP contribution in [0.1, 0.15) is 27.2 Å². The van der Waals surface area contributed by atoms with Crippen LogP contribution in [-0.4, -0.2) is 6.54 Å². The Morgan fingerprint density at radius 1 is 1.20 bits per heavy atom. The van der Waals surface area contributed by atoms with Crippen LogP contribution in [0.4, 0.5) is 5.69 Å². The standard InChI is InChI=1S/C12H19NO.ClH/c1-4-12(2,3)10-13(14)11-8-6-5-7-9-11;/h5-9,13H,4,10H2,1-3H3;1H/p-1. The van der Waals surface area contributed by atoms with Crippen molar-refractivity contribution in [2.75, 3.05) is 6.54 Å². The summed E-state index contributed by atoms with van der Waals surface area (Å²) in [7, 11) is 0. The van der Waals surface area contributed by atoms with Crippen molar-refractivity contribution in [2.45, 2.75) is 27.2 Å². The molecule has 0 aliphatic heterocycles. The number of benzene rings is 1. The summed E-state index contributed by atoms with van der Waals surface area (Å²) in [6.07, 6.45) is 1.03. The number of hydroxylamine groups is 1. The van der Waals surface area contributed by atoms with E-state index in [-0.39, 0.29) is 22.9 Å². The molecule has 0 radical (unpaired) electrons. The first-order chi connectivity index (χ1) is 6.55. The Hall–Kier alpha value is -0.570. The third-order valence-electron chi connectivity index (χ3n) is 2.69. The van der Waals surface area contributed by atoms with Crippen molar-refractivity contribution in [2.24, 2.45) is 5.41 Å². The predicted molar refractivity (Wildman–Crippen MR) is 59.4 cm³/mol. The van der Waals surface area contributed by atoms with Gasteiger partial charge in [-0.05, 0) is 18.6 Å². The molecule has 0 aliphatic rings. The monoisotopic (exact) mass is 228 g/mol. The molecule has 1 unspecified atom stereocenters. The van der Waals surface area contributed by atoms with E-state index in [9.17, 15) is 5.21 Å². The van der Waals surface area contributed by atoms with Crippen LogP contribution in [0.25, 0.3) is 0 Å². The largest absolute Gasteiger partial charge is 1.00 e. The normalized spacial score (nSPS) is 13.1. The number of nitrogens with one attached hydrogen (secondary N) is 1. The van der Waals surface area contributed by atoms with Gasteiger partial charge in [0.2, 0.25) is 0 Å². The van der Waals surface area contributed by atoms with Gasteiger partial charge in [-0.1, -0.05) is 39.0 Å². The first kappa shape index (κ1) is 14.4. The maximum Gasteiger partial charge on any atom is 0.131 e. The van der Waals surface area contributed by atoms with Crippen LogP contribution in [0.5, 0.6) is 0 Å². The zero-order valence-electron chi connectivity index (χ0n) is 9.59. The van der Waals surface area contributed by atoms with Crippen molar-refractivity contribution in [3.05, 3.63) is 35.5 Å². The predicted octanol–water partition coefficient (Wildman–Crippen LogP) is -0.859. The fourth-order valence-corrected chi connectivity index (χ4v) is 1.29. The average Bonchev–Trinajstić information content (AvgIpc) is 2.19. The molecule has 3 heteroatoms. The van der Waals surface area contributed by atoms with E-state index in [1.54, 1.807) is 0 Å². The summed E-state index contributed by atoms with van der Waals surface area (Å²) in [6.45, 7) is 7.02. The molecule has 1 aromatic carbocycles. The lowest BCUT2D eigenvalue weighted by Gasteiger charge is -2.31. The molecule has 0 aliphatic carbocycles. The zero-order valence-corrected chi connectivity index (χ0v) is 10.3. The molecule has 0 amide bonds. The molecular formula is C12H19ClNO-. The van der Waals surface area contributed by atoms with Gasteiger partial charge in [0.15, 0.2) is 0 Å². The van der Waals surface area contributed by atoms with E-state index in [4.69, 9.17) is 0 Å².